The molecule has 0 aliphatic carbocycles. The molecule has 140 valence electrons. The van der Waals surface area contributed by atoms with Gasteiger partial charge >= 0.3 is 6.18 Å². The molecule has 0 aliphatic heterocycles. The smallest absolute Gasteiger partial charge is 0.383 e. The summed E-state index contributed by atoms with van der Waals surface area (Å²) in [5.41, 5.74) is 9.29. The summed E-state index contributed by atoms with van der Waals surface area (Å²) in [7, 11) is 0. The maximum atomic E-state index is 13.3. The number of hydrogen-bond donors (Lipinski definition) is 3. The number of nitrogens with one attached hydrogen (secondary N) is 1. The molecule has 0 aliphatic rings. The molecular weight excluding hydrogens is 347 g/mol. The number of nitrogen functional groups attached to an aromatic ring is 1. The van der Waals surface area contributed by atoms with Crippen molar-refractivity contribution in [1.82, 2.24) is 9.97 Å². The molecule has 0 spiro atoms. The van der Waals surface area contributed by atoms with Crippen LogP contribution in [-0.4, -0.2) is 28.3 Å². The summed E-state index contributed by atoms with van der Waals surface area (Å²) >= 11 is 0. The van der Waals surface area contributed by atoms with E-state index in [1.54, 1.807) is 0 Å². The summed E-state index contributed by atoms with van der Waals surface area (Å²) in [4.78, 5) is 20.3. The highest BCUT2D eigenvalue weighted by Gasteiger charge is 2.37. The molecule has 0 bridgehead atoms. The first-order valence-corrected chi connectivity index (χ1v) is 7.95. The summed E-state index contributed by atoms with van der Waals surface area (Å²) in [6.45, 7) is 4.09. The van der Waals surface area contributed by atoms with Gasteiger partial charge in [0.15, 0.2) is 0 Å². The van der Waals surface area contributed by atoms with E-state index in [2.05, 4.69) is 15.3 Å². The van der Waals surface area contributed by atoms with Crippen molar-refractivity contribution in [2.45, 2.75) is 26.1 Å². The van der Waals surface area contributed by atoms with Crippen molar-refractivity contribution in [1.29, 1.82) is 0 Å². The fourth-order valence-corrected chi connectivity index (χ4v) is 2.37. The summed E-state index contributed by atoms with van der Waals surface area (Å²) in [5, 5.41) is 2.97. The van der Waals surface area contributed by atoms with Gasteiger partial charge in [-0.3, -0.25) is 4.79 Å². The second-order valence-electron chi connectivity index (χ2n) is 6.09. The second-order valence-corrected chi connectivity index (χ2v) is 6.09. The maximum absolute atomic E-state index is 13.3. The Morgan fingerprint density at radius 2 is 1.96 bits per heavy atom. The molecule has 0 saturated carbocycles. The van der Waals surface area contributed by atoms with Crippen molar-refractivity contribution in [2.75, 3.05) is 17.6 Å². The Balaban J connectivity index is 2.52. The van der Waals surface area contributed by atoms with Gasteiger partial charge in [-0.15, -0.1) is 0 Å². The highest BCUT2D eigenvalue weighted by molar-refractivity contribution is 6.11. The van der Waals surface area contributed by atoms with Gasteiger partial charge < -0.3 is 16.8 Å². The number of carbonyl (C=O) groups is 1. The number of nitrogens with zero attached hydrogens (tertiary/aromatic N) is 2. The summed E-state index contributed by atoms with van der Waals surface area (Å²) in [6.07, 6.45) is -3.39. The molecule has 9 heteroatoms. The minimum atomic E-state index is -4.74. The third-order valence-corrected chi connectivity index (χ3v) is 3.89. The number of pyridine rings is 2. The lowest BCUT2D eigenvalue weighted by Gasteiger charge is -2.22. The number of alkyl halides is 3. The number of ketones is 1. The van der Waals surface area contributed by atoms with E-state index >= 15 is 0 Å². The molecule has 0 unspecified atom stereocenters. The van der Waals surface area contributed by atoms with Gasteiger partial charge in [-0.1, -0.05) is 13.8 Å². The van der Waals surface area contributed by atoms with Crippen LogP contribution in [0.15, 0.2) is 30.5 Å². The lowest BCUT2D eigenvalue weighted by Crippen LogP contribution is -2.34. The molecule has 26 heavy (non-hydrogen) atoms. The van der Waals surface area contributed by atoms with Crippen LogP contribution in [0.5, 0.6) is 0 Å². The van der Waals surface area contributed by atoms with E-state index in [1.807, 2.05) is 13.8 Å². The molecule has 2 heterocycles. The number of halogens is 3. The number of anilines is 2. The normalized spacial score (nSPS) is 12.9. The fourth-order valence-electron chi connectivity index (χ4n) is 2.37. The largest absolute Gasteiger partial charge is 0.418 e. The molecule has 0 saturated heterocycles. The van der Waals surface area contributed by atoms with Crippen LogP contribution < -0.4 is 16.8 Å². The van der Waals surface area contributed by atoms with Gasteiger partial charge in [0.1, 0.15) is 17.3 Å². The molecule has 2 aromatic heterocycles. The molecule has 0 amide bonds. The first-order valence-electron chi connectivity index (χ1n) is 7.95. The summed E-state index contributed by atoms with van der Waals surface area (Å²) in [5.74, 6) is -0.849. The third kappa shape index (κ3) is 4.29. The lowest BCUT2D eigenvalue weighted by atomic mass is 10.0. The Labute approximate surface area is 148 Å². The van der Waals surface area contributed by atoms with Crippen LogP contribution in [0, 0.1) is 5.92 Å². The van der Waals surface area contributed by atoms with E-state index in [0.717, 1.165) is 6.07 Å². The molecular formula is C17H20F3N5O. The molecule has 6 nitrogen and oxygen atoms in total. The number of hydrogen-bond acceptors (Lipinski definition) is 6. The van der Waals surface area contributed by atoms with Crippen LogP contribution in [0.25, 0.3) is 0 Å². The van der Waals surface area contributed by atoms with Crippen LogP contribution in [0.1, 0.15) is 35.5 Å². The molecule has 1 atom stereocenters. The van der Waals surface area contributed by atoms with Gasteiger partial charge in [-0.2, -0.15) is 13.2 Å². The van der Waals surface area contributed by atoms with Gasteiger partial charge in [0.2, 0.25) is 5.78 Å². The Bertz CT molecular complexity index is 792. The van der Waals surface area contributed by atoms with Gasteiger partial charge in [-0.25, -0.2) is 9.97 Å². The predicted molar refractivity (Wildman–Crippen MR) is 92.6 cm³/mol. The third-order valence-electron chi connectivity index (χ3n) is 3.89. The van der Waals surface area contributed by atoms with Crippen molar-refractivity contribution in [3.05, 3.63) is 47.3 Å². The minimum Gasteiger partial charge on any atom is -0.383 e. The quantitative estimate of drug-likeness (QED) is 0.678. The highest BCUT2D eigenvalue weighted by atomic mass is 19.4. The second kappa shape index (κ2) is 7.69. The average molecular weight is 367 g/mol. The van der Waals surface area contributed by atoms with Crippen molar-refractivity contribution >= 4 is 17.4 Å². The van der Waals surface area contributed by atoms with Crippen molar-refractivity contribution in [3.63, 3.8) is 0 Å². The van der Waals surface area contributed by atoms with E-state index in [-0.39, 0.29) is 35.7 Å². The van der Waals surface area contributed by atoms with E-state index in [4.69, 9.17) is 11.5 Å². The average Bonchev–Trinajstić information content (AvgIpc) is 2.58. The van der Waals surface area contributed by atoms with Crippen LogP contribution >= 0.6 is 0 Å². The minimum absolute atomic E-state index is 0.122. The molecule has 0 radical (unpaired) electrons. The summed E-state index contributed by atoms with van der Waals surface area (Å²) < 4.78 is 40.0. The van der Waals surface area contributed by atoms with Gasteiger partial charge in [0.25, 0.3) is 0 Å². The zero-order chi connectivity index (χ0) is 19.5. The van der Waals surface area contributed by atoms with E-state index < -0.39 is 23.2 Å². The molecule has 2 rings (SSSR count). The van der Waals surface area contributed by atoms with Crippen LogP contribution in [-0.2, 0) is 6.18 Å². The first-order chi connectivity index (χ1) is 12.1. The van der Waals surface area contributed by atoms with Crippen molar-refractivity contribution < 1.29 is 18.0 Å². The van der Waals surface area contributed by atoms with Crippen molar-refractivity contribution in [2.24, 2.45) is 11.7 Å². The van der Waals surface area contributed by atoms with Crippen molar-refractivity contribution in [3.8, 4) is 0 Å². The fraction of sp³-hybridized carbons (Fsp3) is 0.353. The molecule has 5 N–H and O–H groups in total. The van der Waals surface area contributed by atoms with Gasteiger partial charge in [0.05, 0.1) is 11.1 Å². The monoisotopic (exact) mass is 367 g/mol. The zero-order valence-electron chi connectivity index (χ0n) is 14.3. The molecule has 0 fully saturated rings. The lowest BCUT2D eigenvalue weighted by molar-refractivity contribution is -0.138. The highest BCUT2D eigenvalue weighted by Crippen LogP contribution is 2.33. The molecule has 2 aromatic rings. The van der Waals surface area contributed by atoms with Gasteiger partial charge in [-0.05, 0) is 30.2 Å². The summed E-state index contributed by atoms with van der Waals surface area (Å²) in [6, 6.07) is 4.52. The Kier molecular flexibility index (Phi) is 5.81. The Morgan fingerprint density at radius 3 is 2.50 bits per heavy atom. The van der Waals surface area contributed by atoms with Crippen LogP contribution in [0.4, 0.5) is 24.8 Å². The van der Waals surface area contributed by atoms with Crippen LogP contribution in [0.3, 0.4) is 0 Å². The standard InChI is InChI=1S/C17H20F3N5O/c1-9(2)12(8-21)24-13-6-5-11(17(18,19)20)14(25-13)15(26)10-4-3-7-23-16(10)22/h3-7,9,12H,8,21H2,1-2H3,(H2,22,23)(H,24,25)/t12-/m0/s1. The molecule has 0 aromatic carbocycles. The zero-order valence-corrected chi connectivity index (χ0v) is 14.3. The van der Waals surface area contributed by atoms with E-state index in [0.29, 0.717) is 0 Å². The Morgan fingerprint density at radius 1 is 1.27 bits per heavy atom. The number of aromatic nitrogens is 2. The van der Waals surface area contributed by atoms with E-state index in [1.165, 1.54) is 24.4 Å². The first kappa shape index (κ1) is 19.6. The topological polar surface area (TPSA) is 107 Å². The van der Waals surface area contributed by atoms with Crippen LogP contribution in [0.2, 0.25) is 0 Å². The van der Waals surface area contributed by atoms with Gasteiger partial charge in [0, 0.05) is 18.8 Å². The number of carbonyl (C=O) groups excluding carboxylic acids is 1. The van der Waals surface area contributed by atoms with E-state index in [9.17, 15) is 18.0 Å². The SMILES string of the molecule is CC(C)[C@H](CN)Nc1ccc(C(F)(F)F)c(C(=O)c2cccnc2N)n1. The maximum Gasteiger partial charge on any atom is 0.418 e. The Hall–Kier alpha value is -2.68. The number of rotatable bonds is 6. The number of nitrogens with two attached hydrogens (primary N) is 2. The predicted octanol–water partition coefficient (Wildman–Crippen LogP) is 2.70.